The number of ether oxygens (including phenoxy) is 2. The predicted octanol–water partition coefficient (Wildman–Crippen LogP) is 3.00. The molecule has 1 aromatic rings. The Morgan fingerprint density at radius 1 is 1.20 bits per heavy atom. The van der Waals surface area contributed by atoms with Gasteiger partial charge in [0.1, 0.15) is 5.60 Å². The molecule has 0 aliphatic carbocycles. The first-order valence-corrected chi connectivity index (χ1v) is 7.38. The fraction of sp³-hybridized carbons (Fsp3) is 0.588. The largest absolute Gasteiger partial charge is 0.381 e. The van der Waals surface area contributed by atoms with Crippen LogP contribution in [0.25, 0.3) is 0 Å². The number of ketones is 1. The van der Waals surface area contributed by atoms with E-state index in [4.69, 9.17) is 9.47 Å². The summed E-state index contributed by atoms with van der Waals surface area (Å²) in [5.74, 6) is 0.188. The van der Waals surface area contributed by atoms with E-state index < -0.39 is 5.60 Å². The molecule has 1 fully saturated rings. The lowest BCUT2D eigenvalue weighted by Crippen LogP contribution is -2.47. The molecule has 20 heavy (non-hydrogen) atoms. The summed E-state index contributed by atoms with van der Waals surface area (Å²) in [5.41, 5.74) is 2.85. The van der Waals surface area contributed by atoms with Crippen molar-refractivity contribution in [3.63, 3.8) is 0 Å². The summed E-state index contributed by atoms with van der Waals surface area (Å²) in [6, 6.07) is 6.30. The van der Waals surface area contributed by atoms with Gasteiger partial charge in [0.2, 0.25) is 0 Å². The molecule has 110 valence electrons. The lowest BCUT2D eigenvalue weighted by atomic mass is 9.85. The SMILES string of the molecule is CCOC1(C(=O)Cc2cc(C)cc(C)c2)CCOCC1. The van der Waals surface area contributed by atoms with Crippen molar-refractivity contribution >= 4 is 5.78 Å². The first-order chi connectivity index (χ1) is 9.55. The minimum atomic E-state index is -0.634. The monoisotopic (exact) mass is 276 g/mol. The van der Waals surface area contributed by atoms with Crippen LogP contribution >= 0.6 is 0 Å². The summed E-state index contributed by atoms with van der Waals surface area (Å²) < 4.78 is 11.2. The highest BCUT2D eigenvalue weighted by Gasteiger charge is 2.40. The molecule has 2 rings (SSSR count). The Hall–Kier alpha value is -1.19. The van der Waals surface area contributed by atoms with Crippen molar-refractivity contribution in [2.24, 2.45) is 0 Å². The molecule has 0 spiro atoms. The zero-order valence-corrected chi connectivity index (χ0v) is 12.7. The van der Waals surface area contributed by atoms with E-state index in [1.807, 2.05) is 6.92 Å². The molecular formula is C17H24O3. The van der Waals surface area contributed by atoms with Crippen molar-refractivity contribution in [3.05, 3.63) is 34.9 Å². The molecule has 1 heterocycles. The third-order valence-electron chi connectivity index (χ3n) is 3.88. The van der Waals surface area contributed by atoms with Crippen molar-refractivity contribution in [1.29, 1.82) is 0 Å². The van der Waals surface area contributed by atoms with E-state index in [-0.39, 0.29) is 5.78 Å². The summed E-state index contributed by atoms with van der Waals surface area (Å²) in [7, 11) is 0. The van der Waals surface area contributed by atoms with Gasteiger partial charge in [0, 0.05) is 39.1 Å². The molecule has 0 bridgehead atoms. The number of carbonyl (C=O) groups is 1. The number of hydrogen-bond acceptors (Lipinski definition) is 3. The molecule has 0 unspecified atom stereocenters. The fourth-order valence-electron chi connectivity index (χ4n) is 3.00. The zero-order chi connectivity index (χ0) is 14.6. The van der Waals surface area contributed by atoms with Gasteiger partial charge in [0.15, 0.2) is 5.78 Å². The zero-order valence-electron chi connectivity index (χ0n) is 12.7. The lowest BCUT2D eigenvalue weighted by molar-refractivity contribution is -0.156. The third kappa shape index (κ3) is 3.47. The van der Waals surface area contributed by atoms with Gasteiger partial charge in [-0.25, -0.2) is 0 Å². The highest BCUT2D eigenvalue weighted by molar-refractivity contribution is 5.89. The highest BCUT2D eigenvalue weighted by atomic mass is 16.5. The van der Waals surface area contributed by atoms with Gasteiger partial charge in [-0.05, 0) is 26.3 Å². The summed E-state index contributed by atoms with van der Waals surface area (Å²) in [4.78, 5) is 12.7. The van der Waals surface area contributed by atoms with Crippen LogP contribution in [0.15, 0.2) is 18.2 Å². The molecule has 1 aliphatic heterocycles. The quantitative estimate of drug-likeness (QED) is 0.829. The van der Waals surface area contributed by atoms with E-state index >= 15 is 0 Å². The molecule has 3 heteroatoms. The Morgan fingerprint density at radius 2 is 1.80 bits per heavy atom. The maximum Gasteiger partial charge on any atom is 0.169 e. The second kappa shape index (κ2) is 6.51. The van der Waals surface area contributed by atoms with E-state index in [9.17, 15) is 4.79 Å². The van der Waals surface area contributed by atoms with Crippen LogP contribution in [-0.4, -0.2) is 31.2 Å². The average molecular weight is 276 g/mol. The molecule has 3 nitrogen and oxygen atoms in total. The second-order valence-electron chi connectivity index (χ2n) is 5.64. The maximum atomic E-state index is 12.7. The van der Waals surface area contributed by atoms with Gasteiger partial charge in [-0.15, -0.1) is 0 Å². The molecule has 0 amide bonds. The Labute approximate surface area is 121 Å². The summed E-state index contributed by atoms with van der Waals surface area (Å²) >= 11 is 0. The van der Waals surface area contributed by atoms with Crippen molar-refractivity contribution in [1.82, 2.24) is 0 Å². The number of benzene rings is 1. The molecule has 0 aromatic heterocycles. The number of aryl methyl sites for hydroxylation is 2. The Kier molecular flexibility index (Phi) is 4.95. The molecule has 0 saturated carbocycles. The van der Waals surface area contributed by atoms with E-state index in [1.165, 1.54) is 11.1 Å². The van der Waals surface area contributed by atoms with Crippen LogP contribution in [-0.2, 0) is 20.7 Å². The van der Waals surface area contributed by atoms with Crippen LogP contribution in [0.2, 0.25) is 0 Å². The van der Waals surface area contributed by atoms with Crippen LogP contribution in [0.1, 0.15) is 36.5 Å². The minimum Gasteiger partial charge on any atom is -0.381 e. The van der Waals surface area contributed by atoms with Gasteiger partial charge < -0.3 is 9.47 Å². The smallest absolute Gasteiger partial charge is 0.169 e. The average Bonchev–Trinajstić information content (AvgIpc) is 2.38. The van der Waals surface area contributed by atoms with E-state index in [1.54, 1.807) is 0 Å². The first kappa shape index (κ1) is 15.2. The standard InChI is InChI=1S/C17H24O3/c1-4-20-17(5-7-19-8-6-17)16(18)12-15-10-13(2)9-14(3)11-15/h9-11H,4-8,12H2,1-3H3. The third-order valence-corrected chi connectivity index (χ3v) is 3.88. The number of hydrogen-bond donors (Lipinski definition) is 0. The van der Waals surface area contributed by atoms with Crippen molar-refractivity contribution in [3.8, 4) is 0 Å². The van der Waals surface area contributed by atoms with Crippen LogP contribution in [0.4, 0.5) is 0 Å². The molecule has 1 aromatic carbocycles. The molecule has 1 saturated heterocycles. The van der Waals surface area contributed by atoms with Gasteiger partial charge in [-0.1, -0.05) is 29.3 Å². The topological polar surface area (TPSA) is 35.5 Å². The molecule has 0 radical (unpaired) electrons. The van der Waals surface area contributed by atoms with Gasteiger partial charge in [-0.2, -0.15) is 0 Å². The van der Waals surface area contributed by atoms with Crippen molar-refractivity contribution in [2.75, 3.05) is 19.8 Å². The van der Waals surface area contributed by atoms with Crippen LogP contribution < -0.4 is 0 Å². The number of carbonyl (C=O) groups excluding carboxylic acids is 1. The van der Waals surface area contributed by atoms with Crippen LogP contribution in [0.3, 0.4) is 0 Å². The van der Waals surface area contributed by atoms with E-state index in [2.05, 4.69) is 32.0 Å². The Morgan fingerprint density at radius 3 is 2.35 bits per heavy atom. The number of Topliss-reactive ketones (excluding diaryl/α,β-unsaturated/α-hetero) is 1. The normalized spacial score (nSPS) is 17.9. The molecule has 0 N–H and O–H groups in total. The van der Waals surface area contributed by atoms with Crippen molar-refractivity contribution in [2.45, 2.75) is 45.6 Å². The van der Waals surface area contributed by atoms with Crippen LogP contribution in [0.5, 0.6) is 0 Å². The highest BCUT2D eigenvalue weighted by Crippen LogP contribution is 2.28. The maximum absolute atomic E-state index is 12.7. The van der Waals surface area contributed by atoms with E-state index in [0.717, 1.165) is 5.56 Å². The van der Waals surface area contributed by atoms with Gasteiger partial charge >= 0.3 is 0 Å². The lowest BCUT2D eigenvalue weighted by Gasteiger charge is -2.35. The first-order valence-electron chi connectivity index (χ1n) is 7.38. The van der Waals surface area contributed by atoms with Gasteiger partial charge in [0.25, 0.3) is 0 Å². The fourth-order valence-corrected chi connectivity index (χ4v) is 3.00. The van der Waals surface area contributed by atoms with Crippen LogP contribution in [0, 0.1) is 13.8 Å². The van der Waals surface area contributed by atoms with Crippen molar-refractivity contribution < 1.29 is 14.3 Å². The number of rotatable bonds is 5. The Balaban J connectivity index is 2.15. The Bertz CT molecular complexity index is 447. The molecule has 0 atom stereocenters. The molecule has 1 aliphatic rings. The predicted molar refractivity (Wildman–Crippen MR) is 79.0 cm³/mol. The van der Waals surface area contributed by atoms with Gasteiger partial charge in [-0.3, -0.25) is 4.79 Å². The minimum absolute atomic E-state index is 0.188. The second-order valence-corrected chi connectivity index (χ2v) is 5.64. The summed E-state index contributed by atoms with van der Waals surface area (Å²) in [6.45, 7) is 7.86. The van der Waals surface area contributed by atoms with Gasteiger partial charge in [0.05, 0.1) is 0 Å². The summed E-state index contributed by atoms with van der Waals surface area (Å²) in [6.07, 6.45) is 1.79. The molecular weight excluding hydrogens is 252 g/mol. The summed E-state index contributed by atoms with van der Waals surface area (Å²) in [5, 5.41) is 0. The van der Waals surface area contributed by atoms with E-state index in [0.29, 0.717) is 39.1 Å².